The van der Waals surface area contributed by atoms with Gasteiger partial charge in [0, 0.05) is 44.9 Å². The minimum absolute atomic E-state index is 0.0196. The summed E-state index contributed by atoms with van der Waals surface area (Å²) in [6.07, 6.45) is 0.0196. The number of carbonyl (C=O) groups excluding carboxylic acids is 1. The predicted molar refractivity (Wildman–Crippen MR) is 159 cm³/mol. The summed E-state index contributed by atoms with van der Waals surface area (Å²) < 4.78 is 35.0. The number of methoxy groups -OCH3 is 1. The smallest absolute Gasteiger partial charge is 0.243 e. The molecular weight excluding hydrogens is 526 g/mol. The number of amides is 1. The zero-order chi connectivity index (χ0) is 29.2. The van der Waals surface area contributed by atoms with E-state index in [1.54, 1.807) is 33.1 Å². The Kier molecular flexibility index (Phi) is 8.62. The largest absolute Gasteiger partial charge is 0.497 e. The van der Waals surface area contributed by atoms with Crippen LogP contribution in [-0.2, 0) is 28.4 Å². The number of ether oxygens (including phenoxy) is 1. The maximum Gasteiger partial charge on any atom is 0.243 e. The number of benzene rings is 3. The van der Waals surface area contributed by atoms with Gasteiger partial charge in [0.05, 0.1) is 23.0 Å². The number of aromatic nitrogens is 2. The maximum atomic E-state index is 13.2. The molecule has 4 rings (SSSR count). The molecule has 0 bridgehead atoms. The van der Waals surface area contributed by atoms with Crippen LogP contribution in [0.5, 0.6) is 5.75 Å². The lowest BCUT2D eigenvalue weighted by molar-refractivity contribution is -0.116. The van der Waals surface area contributed by atoms with Crippen LogP contribution in [0.1, 0.15) is 23.1 Å². The molecule has 0 unspecified atom stereocenters. The third-order valence-electron chi connectivity index (χ3n) is 6.86. The lowest BCUT2D eigenvalue weighted by atomic mass is 10.1. The molecule has 212 valence electrons. The van der Waals surface area contributed by atoms with Crippen LogP contribution in [0.3, 0.4) is 0 Å². The number of sulfonamides is 1. The Morgan fingerprint density at radius 2 is 1.65 bits per heavy atom. The number of nitrogens with one attached hydrogen (secondary N) is 1. The van der Waals surface area contributed by atoms with E-state index in [1.807, 2.05) is 51.5 Å². The first-order valence-electron chi connectivity index (χ1n) is 13.0. The molecule has 0 spiro atoms. The molecular formula is C30H37N5O4S. The number of imidazole rings is 1. The molecule has 0 saturated carbocycles. The molecule has 0 saturated heterocycles. The van der Waals surface area contributed by atoms with Gasteiger partial charge in [0.1, 0.15) is 11.6 Å². The lowest BCUT2D eigenvalue weighted by Gasteiger charge is -2.20. The zero-order valence-corrected chi connectivity index (χ0v) is 25.0. The first-order valence-corrected chi connectivity index (χ1v) is 14.5. The summed E-state index contributed by atoms with van der Waals surface area (Å²) in [4.78, 5) is 19.8. The van der Waals surface area contributed by atoms with Crippen LogP contribution in [0.25, 0.3) is 22.4 Å². The first-order chi connectivity index (χ1) is 18.9. The van der Waals surface area contributed by atoms with E-state index in [0.717, 1.165) is 29.0 Å². The molecule has 9 nitrogen and oxygen atoms in total. The number of rotatable bonds is 10. The van der Waals surface area contributed by atoms with Crippen LogP contribution in [0.4, 0.5) is 5.69 Å². The molecule has 0 aliphatic rings. The van der Waals surface area contributed by atoms with Crippen LogP contribution in [0, 0.1) is 13.8 Å². The second-order valence-electron chi connectivity index (χ2n) is 10.3. The summed E-state index contributed by atoms with van der Waals surface area (Å²) in [5.74, 6) is 1.17. The van der Waals surface area contributed by atoms with E-state index in [1.165, 1.54) is 16.9 Å². The topological polar surface area (TPSA) is 96.8 Å². The summed E-state index contributed by atoms with van der Waals surface area (Å²) >= 11 is 0. The minimum atomic E-state index is -3.77. The molecule has 1 amide bonds. The summed E-state index contributed by atoms with van der Waals surface area (Å²) in [5, 5.41) is 2.86. The van der Waals surface area contributed by atoms with Crippen LogP contribution < -0.4 is 10.1 Å². The molecule has 0 aliphatic carbocycles. The van der Waals surface area contributed by atoms with Crippen molar-refractivity contribution in [2.45, 2.75) is 31.7 Å². The number of nitrogens with zero attached hydrogens (tertiary/aromatic N) is 4. The van der Waals surface area contributed by atoms with Crippen molar-refractivity contribution in [2.24, 2.45) is 7.05 Å². The van der Waals surface area contributed by atoms with E-state index >= 15 is 0 Å². The Balaban J connectivity index is 1.41. The number of fused-ring (bicyclic) bond motifs is 1. The molecule has 0 fully saturated rings. The van der Waals surface area contributed by atoms with Crippen molar-refractivity contribution in [3.63, 3.8) is 0 Å². The lowest BCUT2D eigenvalue weighted by Crippen LogP contribution is -2.31. The summed E-state index contributed by atoms with van der Waals surface area (Å²) in [7, 11) is 5.35. The second kappa shape index (κ2) is 11.8. The number of anilines is 1. The minimum Gasteiger partial charge on any atom is -0.497 e. The summed E-state index contributed by atoms with van der Waals surface area (Å²) in [6, 6.07) is 17.2. The van der Waals surface area contributed by atoms with Crippen LogP contribution >= 0.6 is 0 Å². The molecule has 40 heavy (non-hydrogen) atoms. The van der Waals surface area contributed by atoms with Gasteiger partial charge in [0.2, 0.25) is 15.9 Å². The highest BCUT2D eigenvalue weighted by molar-refractivity contribution is 7.89. The van der Waals surface area contributed by atoms with Gasteiger partial charge < -0.3 is 19.5 Å². The van der Waals surface area contributed by atoms with Crippen molar-refractivity contribution >= 4 is 32.7 Å². The van der Waals surface area contributed by atoms with Crippen molar-refractivity contribution in [2.75, 3.05) is 40.1 Å². The fraction of sp³-hybridized carbons (Fsp3) is 0.333. The third-order valence-corrected chi connectivity index (χ3v) is 9.03. The standard InChI is InChI=1S/C30H37N5O4S/c1-20-16-25(39-7)17-21(2)29(20)40(37,38)34(5)15-14-28(36)31-24-11-9-23(10-12-24)30-32-26-13-8-22(19-33(3)4)18-27(26)35(30)6/h8-13,16-18H,14-15,19H2,1-7H3,(H,31,36). The monoisotopic (exact) mass is 563 g/mol. The summed E-state index contributed by atoms with van der Waals surface area (Å²) in [6.45, 7) is 4.38. The molecule has 3 aromatic carbocycles. The van der Waals surface area contributed by atoms with Crippen molar-refractivity contribution in [1.29, 1.82) is 0 Å². The molecule has 10 heteroatoms. The molecule has 0 aliphatic heterocycles. The van der Waals surface area contributed by atoms with E-state index < -0.39 is 10.0 Å². The van der Waals surface area contributed by atoms with Crippen molar-refractivity contribution in [3.05, 3.63) is 71.3 Å². The molecule has 1 aromatic heterocycles. The Bertz CT molecular complexity index is 1620. The van der Waals surface area contributed by atoms with Gasteiger partial charge in [-0.1, -0.05) is 6.07 Å². The third kappa shape index (κ3) is 6.19. The number of aryl methyl sites for hydroxylation is 3. The molecule has 1 heterocycles. The van der Waals surface area contributed by atoms with Gasteiger partial charge in [-0.2, -0.15) is 0 Å². The molecule has 1 N–H and O–H groups in total. The average Bonchev–Trinajstić information content (AvgIpc) is 3.22. The normalized spacial score (nSPS) is 11.9. The average molecular weight is 564 g/mol. The van der Waals surface area contributed by atoms with Crippen LogP contribution in [0.2, 0.25) is 0 Å². The Labute approximate surface area is 236 Å². The first kappa shape index (κ1) is 29.3. The predicted octanol–water partition coefficient (Wildman–Crippen LogP) is 4.58. The van der Waals surface area contributed by atoms with Crippen molar-refractivity contribution in [1.82, 2.24) is 18.8 Å². The molecule has 4 aromatic rings. The van der Waals surface area contributed by atoms with Crippen LogP contribution in [-0.4, -0.2) is 67.9 Å². The summed E-state index contributed by atoms with van der Waals surface area (Å²) in [5.41, 5.74) is 5.97. The van der Waals surface area contributed by atoms with Gasteiger partial charge in [-0.15, -0.1) is 0 Å². The number of hydrogen-bond acceptors (Lipinski definition) is 6. The van der Waals surface area contributed by atoms with E-state index in [4.69, 9.17) is 9.72 Å². The SMILES string of the molecule is COc1cc(C)c(S(=O)(=O)N(C)CCC(=O)Nc2ccc(-c3nc4ccc(CN(C)C)cc4n3C)cc2)c(C)c1. The highest BCUT2D eigenvalue weighted by Crippen LogP contribution is 2.28. The van der Waals surface area contributed by atoms with Crippen LogP contribution in [0.15, 0.2) is 59.5 Å². The van der Waals surface area contributed by atoms with E-state index in [9.17, 15) is 13.2 Å². The van der Waals surface area contributed by atoms with E-state index in [2.05, 4.69) is 26.9 Å². The van der Waals surface area contributed by atoms with E-state index in [0.29, 0.717) is 22.6 Å². The maximum absolute atomic E-state index is 13.2. The number of hydrogen-bond donors (Lipinski definition) is 1. The van der Waals surface area contributed by atoms with E-state index in [-0.39, 0.29) is 23.8 Å². The highest BCUT2D eigenvalue weighted by Gasteiger charge is 2.26. The van der Waals surface area contributed by atoms with Gasteiger partial charge in [-0.25, -0.2) is 17.7 Å². The molecule has 0 atom stereocenters. The highest BCUT2D eigenvalue weighted by atomic mass is 32.2. The molecule has 0 radical (unpaired) electrons. The Morgan fingerprint density at radius 3 is 2.25 bits per heavy atom. The fourth-order valence-electron chi connectivity index (χ4n) is 4.85. The fourth-order valence-corrected chi connectivity index (χ4v) is 6.43. The number of carbonyl (C=O) groups is 1. The van der Waals surface area contributed by atoms with Gasteiger partial charge in [-0.3, -0.25) is 4.79 Å². The van der Waals surface area contributed by atoms with Gasteiger partial charge in [-0.05, 0) is 93.2 Å². The van der Waals surface area contributed by atoms with Gasteiger partial charge in [0.25, 0.3) is 0 Å². The second-order valence-corrected chi connectivity index (χ2v) is 12.3. The quantitative estimate of drug-likeness (QED) is 0.304. The van der Waals surface area contributed by atoms with Gasteiger partial charge in [0.15, 0.2) is 0 Å². The van der Waals surface area contributed by atoms with Gasteiger partial charge >= 0.3 is 0 Å². The Morgan fingerprint density at radius 1 is 1.00 bits per heavy atom. The zero-order valence-electron chi connectivity index (χ0n) is 24.1. The van der Waals surface area contributed by atoms with Crippen molar-refractivity contribution in [3.8, 4) is 17.1 Å². The van der Waals surface area contributed by atoms with Crippen molar-refractivity contribution < 1.29 is 17.9 Å². The Hall–Kier alpha value is -3.73.